The molecule has 2 amide bonds. The summed E-state index contributed by atoms with van der Waals surface area (Å²) in [5.74, 6) is -1.26. The van der Waals surface area contributed by atoms with E-state index in [9.17, 15) is 9.59 Å². The minimum absolute atomic E-state index is 0.00104. The third-order valence-electron chi connectivity index (χ3n) is 3.88. The highest BCUT2D eigenvalue weighted by Crippen LogP contribution is 2.17. The summed E-state index contributed by atoms with van der Waals surface area (Å²) in [4.78, 5) is 24.9. The Hall–Kier alpha value is -1.56. The molecule has 2 atom stereocenters. The number of aliphatic carboxylic acids is 1. The van der Waals surface area contributed by atoms with Crippen LogP contribution >= 0.6 is 15.9 Å². The number of likely N-dealkylation sites (tertiary alicyclic amines) is 1. The molecule has 1 aliphatic heterocycles. The van der Waals surface area contributed by atoms with Gasteiger partial charge >= 0.3 is 12.0 Å². The first kappa shape index (κ1) is 16.8. The van der Waals surface area contributed by atoms with Gasteiger partial charge in [0.15, 0.2) is 0 Å². The van der Waals surface area contributed by atoms with Gasteiger partial charge in [-0.25, -0.2) is 4.79 Å². The molecule has 2 rings (SSSR count). The molecule has 5 nitrogen and oxygen atoms in total. The maximum Gasteiger partial charge on any atom is 0.317 e. The Labute approximate surface area is 138 Å². The van der Waals surface area contributed by atoms with E-state index >= 15 is 0 Å². The number of carboxylic acids is 1. The van der Waals surface area contributed by atoms with Crippen LogP contribution in [0.2, 0.25) is 0 Å². The van der Waals surface area contributed by atoms with E-state index in [0.717, 1.165) is 22.9 Å². The van der Waals surface area contributed by atoms with Gasteiger partial charge < -0.3 is 15.3 Å². The minimum atomic E-state index is -0.819. The first-order valence-electron chi connectivity index (χ1n) is 7.48. The second-order valence-electron chi connectivity index (χ2n) is 5.80. The number of carbonyl (C=O) groups is 2. The normalized spacial score (nSPS) is 19.5. The Kier molecular flexibility index (Phi) is 5.83. The number of carbonyl (C=O) groups excluding carboxylic acids is 1. The molecule has 6 heteroatoms. The Morgan fingerprint density at radius 2 is 2.09 bits per heavy atom. The predicted octanol–water partition coefficient (Wildman–Crippen LogP) is 2.89. The van der Waals surface area contributed by atoms with Crippen molar-refractivity contribution in [3.63, 3.8) is 0 Å². The molecular weight excluding hydrogens is 348 g/mol. The van der Waals surface area contributed by atoms with Crippen molar-refractivity contribution in [2.24, 2.45) is 5.92 Å². The van der Waals surface area contributed by atoms with E-state index in [2.05, 4.69) is 21.2 Å². The van der Waals surface area contributed by atoms with Crippen LogP contribution in [0, 0.1) is 5.92 Å². The molecule has 120 valence electrons. The van der Waals surface area contributed by atoms with Crippen LogP contribution in [-0.4, -0.2) is 41.1 Å². The molecule has 1 heterocycles. The lowest BCUT2D eigenvalue weighted by Gasteiger charge is -2.31. The summed E-state index contributed by atoms with van der Waals surface area (Å²) in [7, 11) is 0. The van der Waals surface area contributed by atoms with Crippen molar-refractivity contribution in [2.75, 3.05) is 13.1 Å². The van der Waals surface area contributed by atoms with Crippen molar-refractivity contribution in [1.29, 1.82) is 0 Å². The predicted molar refractivity (Wildman–Crippen MR) is 87.8 cm³/mol. The fourth-order valence-electron chi connectivity index (χ4n) is 2.69. The third-order valence-corrected chi connectivity index (χ3v) is 4.41. The van der Waals surface area contributed by atoms with Gasteiger partial charge in [0.25, 0.3) is 0 Å². The molecule has 0 bridgehead atoms. The minimum Gasteiger partial charge on any atom is -0.481 e. The average molecular weight is 369 g/mol. The van der Waals surface area contributed by atoms with Gasteiger partial charge in [-0.3, -0.25) is 4.79 Å². The monoisotopic (exact) mass is 368 g/mol. The number of amides is 2. The van der Waals surface area contributed by atoms with E-state index in [4.69, 9.17) is 5.11 Å². The number of nitrogens with zero attached hydrogens (tertiary/aromatic N) is 1. The van der Waals surface area contributed by atoms with Crippen molar-refractivity contribution in [1.82, 2.24) is 10.2 Å². The SMILES string of the molecule is CC(Cc1ccc(Br)cc1)NC(=O)N1CCCC(C(=O)O)C1. The van der Waals surface area contributed by atoms with Gasteiger partial charge in [-0.2, -0.15) is 0 Å². The second-order valence-corrected chi connectivity index (χ2v) is 6.72. The lowest BCUT2D eigenvalue weighted by molar-refractivity contribution is -0.143. The molecule has 1 aromatic rings. The number of rotatable bonds is 4. The van der Waals surface area contributed by atoms with Crippen LogP contribution in [0.25, 0.3) is 0 Å². The molecule has 0 saturated carbocycles. The van der Waals surface area contributed by atoms with E-state index in [-0.39, 0.29) is 12.1 Å². The highest BCUT2D eigenvalue weighted by molar-refractivity contribution is 9.10. The summed E-state index contributed by atoms with van der Waals surface area (Å²) in [5.41, 5.74) is 1.15. The first-order chi connectivity index (χ1) is 10.5. The highest BCUT2D eigenvalue weighted by Gasteiger charge is 2.28. The molecule has 0 aliphatic carbocycles. The average Bonchev–Trinajstić information content (AvgIpc) is 2.49. The smallest absolute Gasteiger partial charge is 0.317 e. The number of nitrogens with one attached hydrogen (secondary N) is 1. The first-order valence-corrected chi connectivity index (χ1v) is 8.27. The molecule has 0 aromatic heterocycles. The van der Waals surface area contributed by atoms with Crippen molar-refractivity contribution in [2.45, 2.75) is 32.2 Å². The van der Waals surface area contributed by atoms with Crippen molar-refractivity contribution >= 4 is 27.9 Å². The number of urea groups is 1. The summed E-state index contributed by atoms with van der Waals surface area (Å²) >= 11 is 3.40. The molecule has 1 fully saturated rings. The van der Waals surface area contributed by atoms with Gasteiger partial charge in [-0.15, -0.1) is 0 Å². The number of carboxylic acid groups (broad SMARTS) is 1. The van der Waals surface area contributed by atoms with Gasteiger partial charge in [0.2, 0.25) is 0 Å². The molecule has 0 radical (unpaired) electrons. The van der Waals surface area contributed by atoms with Crippen LogP contribution in [0.3, 0.4) is 0 Å². The Morgan fingerprint density at radius 3 is 2.73 bits per heavy atom. The van der Waals surface area contributed by atoms with Crippen LogP contribution in [0.15, 0.2) is 28.7 Å². The van der Waals surface area contributed by atoms with Gasteiger partial charge in [0.1, 0.15) is 0 Å². The Bertz CT molecular complexity index is 533. The molecule has 0 spiro atoms. The molecule has 22 heavy (non-hydrogen) atoms. The largest absolute Gasteiger partial charge is 0.481 e. The number of benzene rings is 1. The number of hydrogen-bond donors (Lipinski definition) is 2. The van der Waals surface area contributed by atoms with Crippen LogP contribution in [0.4, 0.5) is 4.79 Å². The summed E-state index contributed by atoms with van der Waals surface area (Å²) in [5, 5.41) is 12.0. The van der Waals surface area contributed by atoms with Crippen LogP contribution in [0.5, 0.6) is 0 Å². The fourth-order valence-corrected chi connectivity index (χ4v) is 2.95. The molecular formula is C16H21BrN2O3. The lowest BCUT2D eigenvalue weighted by Crippen LogP contribution is -2.49. The third kappa shape index (κ3) is 4.73. The number of piperidine rings is 1. The van der Waals surface area contributed by atoms with Crippen LogP contribution in [-0.2, 0) is 11.2 Å². The number of halogens is 1. The van der Waals surface area contributed by atoms with Crippen LogP contribution < -0.4 is 5.32 Å². The zero-order valence-corrected chi connectivity index (χ0v) is 14.2. The van der Waals surface area contributed by atoms with E-state index in [0.29, 0.717) is 19.5 Å². The van der Waals surface area contributed by atoms with Gasteiger partial charge in [-0.1, -0.05) is 28.1 Å². The van der Waals surface area contributed by atoms with E-state index in [1.54, 1.807) is 4.90 Å². The maximum absolute atomic E-state index is 12.2. The van der Waals surface area contributed by atoms with Crippen LogP contribution in [0.1, 0.15) is 25.3 Å². The fraction of sp³-hybridized carbons (Fsp3) is 0.500. The van der Waals surface area contributed by atoms with Gasteiger partial charge in [-0.05, 0) is 43.9 Å². The lowest BCUT2D eigenvalue weighted by atomic mass is 9.98. The van der Waals surface area contributed by atoms with Gasteiger partial charge in [0, 0.05) is 23.6 Å². The molecule has 1 aliphatic rings. The Morgan fingerprint density at radius 1 is 1.41 bits per heavy atom. The topological polar surface area (TPSA) is 69.6 Å². The summed E-state index contributed by atoms with van der Waals surface area (Å²) in [6.07, 6.45) is 2.13. The molecule has 1 aromatic carbocycles. The van der Waals surface area contributed by atoms with Crippen molar-refractivity contribution < 1.29 is 14.7 Å². The van der Waals surface area contributed by atoms with Gasteiger partial charge in [0.05, 0.1) is 5.92 Å². The molecule has 2 N–H and O–H groups in total. The molecule has 2 unspecified atom stereocenters. The molecule has 1 saturated heterocycles. The van der Waals surface area contributed by atoms with E-state index in [1.165, 1.54) is 0 Å². The quantitative estimate of drug-likeness (QED) is 0.858. The summed E-state index contributed by atoms with van der Waals surface area (Å²) in [6, 6.07) is 7.83. The zero-order valence-electron chi connectivity index (χ0n) is 12.6. The van der Waals surface area contributed by atoms with E-state index in [1.807, 2.05) is 31.2 Å². The standard InChI is InChI=1S/C16H21BrN2O3/c1-11(9-12-4-6-14(17)7-5-12)18-16(22)19-8-2-3-13(10-19)15(20)21/h4-7,11,13H,2-3,8-10H2,1H3,(H,18,22)(H,20,21). The summed E-state index contributed by atoms with van der Waals surface area (Å²) < 4.78 is 1.03. The summed E-state index contributed by atoms with van der Waals surface area (Å²) in [6.45, 7) is 2.88. The second kappa shape index (κ2) is 7.63. The highest BCUT2D eigenvalue weighted by atomic mass is 79.9. The zero-order chi connectivity index (χ0) is 16.1. The number of hydrogen-bond acceptors (Lipinski definition) is 2. The Balaban J connectivity index is 1.85. The van der Waals surface area contributed by atoms with Crippen molar-refractivity contribution in [3.8, 4) is 0 Å². The van der Waals surface area contributed by atoms with E-state index < -0.39 is 11.9 Å². The maximum atomic E-state index is 12.2. The van der Waals surface area contributed by atoms with Crippen molar-refractivity contribution in [3.05, 3.63) is 34.3 Å².